The van der Waals surface area contributed by atoms with Crippen LogP contribution in [0.4, 0.5) is 0 Å². The van der Waals surface area contributed by atoms with Gasteiger partial charge in [-0.05, 0) is 37.6 Å². The van der Waals surface area contributed by atoms with E-state index >= 15 is 0 Å². The SMILES string of the molecule is CCNC(COCC)c1ccc(OC)c(C)c1. The Hall–Kier alpha value is -1.06. The van der Waals surface area contributed by atoms with Crippen LogP contribution in [0.5, 0.6) is 5.75 Å². The molecule has 1 aromatic carbocycles. The Morgan fingerprint density at radius 1 is 1.29 bits per heavy atom. The quantitative estimate of drug-likeness (QED) is 0.791. The van der Waals surface area contributed by atoms with E-state index in [4.69, 9.17) is 9.47 Å². The molecule has 0 aliphatic rings. The average Bonchev–Trinajstić information content (AvgIpc) is 2.34. The Kier molecular flexibility index (Phi) is 6.01. The summed E-state index contributed by atoms with van der Waals surface area (Å²) >= 11 is 0. The van der Waals surface area contributed by atoms with E-state index in [0.29, 0.717) is 6.61 Å². The van der Waals surface area contributed by atoms with Gasteiger partial charge in [-0.2, -0.15) is 0 Å². The fraction of sp³-hybridized carbons (Fsp3) is 0.571. The van der Waals surface area contributed by atoms with Gasteiger partial charge in [-0.1, -0.05) is 19.1 Å². The summed E-state index contributed by atoms with van der Waals surface area (Å²) in [6, 6.07) is 6.52. The Morgan fingerprint density at radius 3 is 2.59 bits per heavy atom. The molecule has 3 nitrogen and oxygen atoms in total. The summed E-state index contributed by atoms with van der Waals surface area (Å²) in [7, 11) is 1.70. The van der Waals surface area contributed by atoms with Gasteiger partial charge in [-0.25, -0.2) is 0 Å². The van der Waals surface area contributed by atoms with Crippen LogP contribution in [0.25, 0.3) is 0 Å². The van der Waals surface area contributed by atoms with Crippen molar-refractivity contribution in [3.8, 4) is 5.75 Å². The lowest BCUT2D eigenvalue weighted by Gasteiger charge is -2.19. The average molecular weight is 237 g/mol. The molecule has 0 saturated carbocycles. The molecule has 0 saturated heterocycles. The van der Waals surface area contributed by atoms with E-state index in [-0.39, 0.29) is 6.04 Å². The number of rotatable bonds is 7. The standard InChI is InChI=1S/C14H23NO2/c1-5-15-13(10-17-6-2)12-7-8-14(16-4)11(3)9-12/h7-9,13,15H,5-6,10H2,1-4H3. The number of methoxy groups -OCH3 is 1. The second kappa shape index (κ2) is 7.30. The lowest BCUT2D eigenvalue weighted by Crippen LogP contribution is -2.25. The maximum absolute atomic E-state index is 5.51. The maximum atomic E-state index is 5.51. The van der Waals surface area contributed by atoms with Crippen LogP contribution in [0, 0.1) is 6.92 Å². The number of ether oxygens (including phenoxy) is 2. The molecule has 0 aromatic heterocycles. The number of likely N-dealkylation sites (N-methyl/N-ethyl adjacent to an activating group) is 1. The van der Waals surface area contributed by atoms with Crippen molar-refractivity contribution in [2.75, 3.05) is 26.9 Å². The van der Waals surface area contributed by atoms with Gasteiger partial charge in [0.05, 0.1) is 19.8 Å². The summed E-state index contributed by atoms with van der Waals surface area (Å²) in [5, 5.41) is 3.43. The van der Waals surface area contributed by atoms with Crippen LogP contribution in [-0.2, 0) is 4.74 Å². The molecule has 1 rings (SSSR count). The first kappa shape index (κ1) is 14.0. The molecule has 17 heavy (non-hydrogen) atoms. The maximum Gasteiger partial charge on any atom is 0.121 e. The van der Waals surface area contributed by atoms with Gasteiger partial charge in [-0.3, -0.25) is 0 Å². The zero-order valence-corrected chi connectivity index (χ0v) is 11.2. The van der Waals surface area contributed by atoms with E-state index in [1.54, 1.807) is 7.11 Å². The Labute approximate surface area is 104 Å². The minimum atomic E-state index is 0.254. The highest BCUT2D eigenvalue weighted by atomic mass is 16.5. The topological polar surface area (TPSA) is 30.5 Å². The number of hydrogen-bond donors (Lipinski definition) is 1. The molecule has 0 aliphatic heterocycles. The van der Waals surface area contributed by atoms with Crippen molar-refractivity contribution in [3.05, 3.63) is 29.3 Å². The highest BCUT2D eigenvalue weighted by Gasteiger charge is 2.11. The molecule has 0 aliphatic carbocycles. The minimum absolute atomic E-state index is 0.254. The first-order chi connectivity index (χ1) is 8.22. The van der Waals surface area contributed by atoms with Crippen LogP contribution in [0.2, 0.25) is 0 Å². The smallest absolute Gasteiger partial charge is 0.121 e. The number of nitrogens with one attached hydrogen (secondary N) is 1. The molecule has 1 unspecified atom stereocenters. The van der Waals surface area contributed by atoms with Crippen LogP contribution in [0.1, 0.15) is 31.0 Å². The summed E-state index contributed by atoms with van der Waals surface area (Å²) in [6.07, 6.45) is 0. The molecular weight excluding hydrogens is 214 g/mol. The van der Waals surface area contributed by atoms with Crippen molar-refractivity contribution in [1.82, 2.24) is 5.32 Å². The van der Waals surface area contributed by atoms with E-state index in [9.17, 15) is 0 Å². The second-order valence-electron chi connectivity index (χ2n) is 4.00. The van der Waals surface area contributed by atoms with E-state index in [0.717, 1.165) is 24.5 Å². The fourth-order valence-electron chi connectivity index (χ4n) is 1.87. The molecule has 1 atom stereocenters. The number of benzene rings is 1. The lowest BCUT2D eigenvalue weighted by molar-refractivity contribution is 0.123. The molecule has 0 amide bonds. The molecule has 1 aromatic rings. The van der Waals surface area contributed by atoms with Gasteiger partial charge in [0.25, 0.3) is 0 Å². The summed E-state index contributed by atoms with van der Waals surface area (Å²) in [5.74, 6) is 0.931. The summed E-state index contributed by atoms with van der Waals surface area (Å²) in [5.41, 5.74) is 2.41. The zero-order valence-electron chi connectivity index (χ0n) is 11.2. The summed E-state index contributed by atoms with van der Waals surface area (Å²) in [4.78, 5) is 0. The van der Waals surface area contributed by atoms with Crippen molar-refractivity contribution in [3.63, 3.8) is 0 Å². The van der Waals surface area contributed by atoms with Gasteiger partial charge in [-0.15, -0.1) is 0 Å². The van der Waals surface area contributed by atoms with Crippen LogP contribution in [0.3, 0.4) is 0 Å². The van der Waals surface area contributed by atoms with Crippen LogP contribution >= 0.6 is 0 Å². The third-order valence-corrected chi connectivity index (χ3v) is 2.76. The van der Waals surface area contributed by atoms with Crippen molar-refractivity contribution < 1.29 is 9.47 Å². The Bertz CT molecular complexity index is 339. The molecule has 96 valence electrons. The Morgan fingerprint density at radius 2 is 2.06 bits per heavy atom. The molecule has 3 heteroatoms. The first-order valence-corrected chi connectivity index (χ1v) is 6.18. The van der Waals surface area contributed by atoms with Gasteiger partial charge in [0.15, 0.2) is 0 Å². The van der Waals surface area contributed by atoms with Gasteiger partial charge < -0.3 is 14.8 Å². The van der Waals surface area contributed by atoms with Crippen LogP contribution in [-0.4, -0.2) is 26.9 Å². The molecule has 0 spiro atoms. The molecule has 0 fully saturated rings. The predicted molar refractivity (Wildman–Crippen MR) is 70.6 cm³/mol. The van der Waals surface area contributed by atoms with E-state index in [1.807, 2.05) is 13.0 Å². The molecule has 0 bridgehead atoms. The highest BCUT2D eigenvalue weighted by Crippen LogP contribution is 2.22. The van der Waals surface area contributed by atoms with Crippen molar-refractivity contribution in [2.45, 2.75) is 26.8 Å². The van der Waals surface area contributed by atoms with Crippen LogP contribution < -0.4 is 10.1 Å². The normalized spacial score (nSPS) is 12.5. The third-order valence-electron chi connectivity index (χ3n) is 2.76. The van der Waals surface area contributed by atoms with Gasteiger partial charge >= 0.3 is 0 Å². The highest BCUT2D eigenvalue weighted by molar-refractivity contribution is 5.37. The third kappa shape index (κ3) is 4.02. The molecular formula is C14H23NO2. The number of hydrogen-bond acceptors (Lipinski definition) is 3. The zero-order chi connectivity index (χ0) is 12.7. The Balaban J connectivity index is 2.82. The molecule has 1 N–H and O–H groups in total. The van der Waals surface area contributed by atoms with E-state index in [1.165, 1.54) is 5.56 Å². The van der Waals surface area contributed by atoms with E-state index < -0.39 is 0 Å². The first-order valence-electron chi connectivity index (χ1n) is 6.18. The minimum Gasteiger partial charge on any atom is -0.496 e. The lowest BCUT2D eigenvalue weighted by atomic mass is 10.0. The monoisotopic (exact) mass is 237 g/mol. The summed E-state index contributed by atoms with van der Waals surface area (Å²) < 4.78 is 10.8. The fourth-order valence-corrected chi connectivity index (χ4v) is 1.87. The van der Waals surface area contributed by atoms with Crippen molar-refractivity contribution in [1.29, 1.82) is 0 Å². The van der Waals surface area contributed by atoms with E-state index in [2.05, 4.69) is 31.3 Å². The predicted octanol–water partition coefficient (Wildman–Crippen LogP) is 2.69. The van der Waals surface area contributed by atoms with Gasteiger partial charge in [0.1, 0.15) is 5.75 Å². The van der Waals surface area contributed by atoms with Gasteiger partial charge in [0, 0.05) is 6.61 Å². The van der Waals surface area contributed by atoms with Crippen LogP contribution in [0.15, 0.2) is 18.2 Å². The number of aryl methyl sites for hydroxylation is 1. The van der Waals surface area contributed by atoms with Crippen molar-refractivity contribution in [2.24, 2.45) is 0 Å². The van der Waals surface area contributed by atoms with Crippen molar-refractivity contribution >= 4 is 0 Å². The largest absolute Gasteiger partial charge is 0.496 e. The second-order valence-corrected chi connectivity index (χ2v) is 4.00. The van der Waals surface area contributed by atoms with Gasteiger partial charge in [0.2, 0.25) is 0 Å². The molecule has 0 heterocycles. The molecule has 0 radical (unpaired) electrons. The summed E-state index contributed by atoms with van der Waals surface area (Å²) in [6.45, 7) is 8.57.